The summed E-state index contributed by atoms with van der Waals surface area (Å²) in [6.07, 6.45) is 5.74. The first-order chi connectivity index (χ1) is 8.78. The molecular formula is C15H17ClN2. The van der Waals surface area contributed by atoms with E-state index in [1.807, 2.05) is 24.4 Å². The van der Waals surface area contributed by atoms with Crippen molar-refractivity contribution < 1.29 is 0 Å². The summed E-state index contributed by atoms with van der Waals surface area (Å²) in [4.78, 5) is 4.36. The minimum Gasteiger partial charge on any atom is -0.381 e. The number of aromatic nitrogens is 1. The summed E-state index contributed by atoms with van der Waals surface area (Å²) in [5, 5.41) is 5.53. The Balaban J connectivity index is 1.84. The molecule has 3 heteroatoms. The van der Waals surface area contributed by atoms with E-state index < -0.39 is 0 Å². The molecule has 1 fully saturated rings. The molecule has 1 N–H and O–H groups in total. The molecule has 0 aliphatic heterocycles. The molecule has 0 saturated heterocycles. The number of fused-ring (bicyclic) bond motifs is 1. The van der Waals surface area contributed by atoms with Crippen LogP contribution in [0.2, 0.25) is 5.02 Å². The van der Waals surface area contributed by atoms with Gasteiger partial charge >= 0.3 is 0 Å². The van der Waals surface area contributed by atoms with E-state index in [1.54, 1.807) is 0 Å². The van der Waals surface area contributed by atoms with Gasteiger partial charge in [0.2, 0.25) is 0 Å². The van der Waals surface area contributed by atoms with E-state index in [4.69, 9.17) is 11.6 Å². The minimum atomic E-state index is 0.645. The lowest BCUT2D eigenvalue weighted by molar-refractivity contribution is 0.693. The molecule has 1 aromatic heterocycles. The predicted molar refractivity (Wildman–Crippen MR) is 77.2 cm³/mol. The molecule has 3 rings (SSSR count). The number of pyridine rings is 1. The van der Waals surface area contributed by atoms with Crippen molar-refractivity contribution in [3.05, 3.63) is 35.5 Å². The van der Waals surface area contributed by atoms with Gasteiger partial charge in [-0.15, -0.1) is 0 Å². The molecular weight excluding hydrogens is 244 g/mol. The van der Waals surface area contributed by atoms with Crippen molar-refractivity contribution in [2.45, 2.75) is 32.2 Å². The maximum absolute atomic E-state index is 5.99. The van der Waals surface area contributed by atoms with Crippen molar-refractivity contribution >= 4 is 28.2 Å². The highest BCUT2D eigenvalue weighted by Gasteiger charge is 2.35. The lowest BCUT2D eigenvalue weighted by Crippen LogP contribution is -2.05. The highest BCUT2D eigenvalue weighted by atomic mass is 35.5. The molecule has 1 aliphatic carbocycles. The van der Waals surface area contributed by atoms with Gasteiger partial charge in [-0.25, -0.2) is 0 Å². The molecule has 1 aromatic carbocycles. The second kappa shape index (κ2) is 4.77. The summed E-state index contributed by atoms with van der Waals surface area (Å²) in [5.74, 6) is 0.852. The average molecular weight is 261 g/mol. The van der Waals surface area contributed by atoms with Gasteiger partial charge in [0.15, 0.2) is 0 Å². The standard InChI is InChI=1S/C15H17ClN2/c1-2-3-10-8-14(10)18-13-6-7-17-15-9-11(16)4-5-12(13)15/h4-7,9-10,14H,2-3,8H2,1H3,(H,17,18). The van der Waals surface area contributed by atoms with Gasteiger partial charge in [-0.05, 0) is 43.0 Å². The molecule has 2 nitrogen and oxygen atoms in total. The molecule has 0 radical (unpaired) electrons. The fourth-order valence-corrected chi connectivity index (χ4v) is 2.73. The fraction of sp³-hybridized carbons (Fsp3) is 0.400. The molecule has 1 aliphatic rings. The van der Waals surface area contributed by atoms with Crippen molar-refractivity contribution in [1.82, 2.24) is 4.98 Å². The topological polar surface area (TPSA) is 24.9 Å². The highest BCUT2D eigenvalue weighted by molar-refractivity contribution is 6.31. The first-order valence-corrected chi connectivity index (χ1v) is 6.96. The fourth-order valence-electron chi connectivity index (χ4n) is 2.56. The van der Waals surface area contributed by atoms with E-state index in [9.17, 15) is 0 Å². The molecule has 0 amide bonds. The van der Waals surface area contributed by atoms with Gasteiger partial charge in [0, 0.05) is 28.3 Å². The number of benzene rings is 1. The Morgan fingerprint density at radius 3 is 3.11 bits per heavy atom. The third-order valence-corrected chi connectivity index (χ3v) is 3.86. The summed E-state index contributed by atoms with van der Waals surface area (Å²) in [7, 11) is 0. The van der Waals surface area contributed by atoms with Gasteiger partial charge < -0.3 is 5.32 Å². The molecule has 2 atom stereocenters. The van der Waals surface area contributed by atoms with Crippen LogP contribution in [-0.4, -0.2) is 11.0 Å². The number of hydrogen-bond acceptors (Lipinski definition) is 2. The number of nitrogens with one attached hydrogen (secondary N) is 1. The van der Waals surface area contributed by atoms with Crippen LogP contribution in [0.1, 0.15) is 26.2 Å². The zero-order valence-electron chi connectivity index (χ0n) is 10.5. The number of nitrogens with zero attached hydrogens (tertiary/aromatic N) is 1. The molecule has 2 unspecified atom stereocenters. The quantitative estimate of drug-likeness (QED) is 0.876. The lowest BCUT2D eigenvalue weighted by Gasteiger charge is -2.09. The summed E-state index contributed by atoms with van der Waals surface area (Å²) < 4.78 is 0. The number of halogens is 1. The molecule has 0 spiro atoms. The molecule has 2 aromatic rings. The van der Waals surface area contributed by atoms with Gasteiger partial charge in [-0.3, -0.25) is 4.98 Å². The normalized spacial score (nSPS) is 22.1. The first-order valence-electron chi connectivity index (χ1n) is 6.58. The smallest absolute Gasteiger partial charge is 0.0737 e. The van der Waals surface area contributed by atoms with E-state index >= 15 is 0 Å². The van der Waals surface area contributed by atoms with Gasteiger partial charge in [0.1, 0.15) is 0 Å². The molecule has 18 heavy (non-hydrogen) atoms. The second-order valence-electron chi connectivity index (χ2n) is 5.06. The molecule has 94 valence electrons. The van der Waals surface area contributed by atoms with Crippen molar-refractivity contribution in [3.63, 3.8) is 0 Å². The Bertz CT molecular complexity index is 567. The third kappa shape index (κ3) is 2.30. The Kier molecular flexibility index (Phi) is 3.13. The van der Waals surface area contributed by atoms with E-state index in [0.717, 1.165) is 21.8 Å². The maximum atomic E-state index is 5.99. The van der Waals surface area contributed by atoms with E-state index in [1.165, 1.54) is 24.9 Å². The van der Waals surface area contributed by atoms with E-state index in [0.29, 0.717) is 6.04 Å². The minimum absolute atomic E-state index is 0.645. The molecule has 1 heterocycles. The maximum Gasteiger partial charge on any atom is 0.0737 e. The van der Waals surface area contributed by atoms with Crippen LogP contribution in [-0.2, 0) is 0 Å². The SMILES string of the molecule is CCCC1CC1Nc1ccnc2cc(Cl)ccc12. The van der Waals surface area contributed by atoms with Crippen LogP contribution in [0.3, 0.4) is 0 Å². The monoisotopic (exact) mass is 260 g/mol. The largest absolute Gasteiger partial charge is 0.381 e. The average Bonchev–Trinajstić information content (AvgIpc) is 3.08. The zero-order chi connectivity index (χ0) is 12.5. The van der Waals surface area contributed by atoms with Gasteiger partial charge in [0.25, 0.3) is 0 Å². The van der Waals surface area contributed by atoms with Crippen molar-refractivity contribution in [3.8, 4) is 0 Å². The van der Waals surface area contributed by atoms with E-state index in [-0.39, 0.29) is 0 Å². The van der Waals surface area contributed by atoms with Gasteiger partial charge in [0.05, 0.1) is 5.52 Å². The van der Waals surface area contributed by atoms with Crippen LogP contribution in [0, 0.1) is 5.92 Å². The lowest BCUT2D eigenvalue weighted by atomic mass is 10.2. The second-order valence-corrected chi connectivity index (χ2v) is 5.49. The Morgan fingerprint density at radius 1 is 1.39 bits per heavy atom. The molecule has 1 saturated carbocycles. The van der Waals surface area contributed by atoms with Crippen LogP contribution >= 0.6 is 11.6 Å². The Labute approximate surface area is 112 Å². The van der Waals surface area contributed by atoms with Crippen LogP contribution in [0.15, 0.2) is 30.5 Å². The first kappa shape index (κ1) is 11.8. The van der Waals surface area contributed by atoms with Crippen LogP contribution in [0.4, 0.5) is 5.69 Å². The van der Waals surface area contributed by atoms with Crippen molar-refractivity contribution in [1.29, 1.82) is 0 Å². The number of rotatable bonds is 4. The van der Waals surface area contributed by atoms with Crippen LogP contribution < -0.4 is 5.32 Å². The predicted octanol–water partition coefficient (Wildman–Crippen LogP) is 4.49. The highest BCUT2D eigenvalue weighted by Crippen LogP contribution is 2.38. The van der Waals surface area contributed by atoms with Gasteiger partial charge in [-0.1, -0.05) is 24.9 Å². The van der Waals surface area contributed by atoms with Gasteiger partial charge in [-0.2, -0.15) is 0 Å². The number of anilines is 1. The molecule has 0 bridgehead atoms. The third-order valence-electron chi connectivity index (χ3n) is 3.63. The summed E-state index contributed by atoms with van der Waals surface area (Å²) in [6, 6.07) is 8.58. The zero-order valence-corrected chi connectivity index (χ0v) is 11.2. The van der Waals surface area contributed by atoms with Crippen molar-refractivity contribution in [2.24, 2.45) is 5.92 Å². The summed E-state index contributed by atoms with van der Waals surface area (Å²) >= 11 is 5.99. The van der Waals surface area contributed by atoms with E-state index in [2.05, 4.69) is 23.3 Å². The van der Waals surface area contributed by atoms with Crippen molar-refractivity contribution in [2.75, 3.05) is 5.32 Å². The summed E-state index contributed by atoms with van der Waals surface area (Å²) in [5.41, 5.74) is 2.14. The van der Waals surface area contributed by atoms with Crippen LogP contribution in [0.5, 0.6) is 0 Å². The Morgan fingerprint density at radius 2 is 2.28 bits per heavy atom. The number of hydrogen-bond donors (Lipinski definition) is 1. The Hall–Kier alpha value is -1.28. The summed E-state index contributed by atoms with van der Waals surface area (Å²) in [6.45, 7) is 2.25. The van der Waals surface area contributed by atoms with Crippen LogP contribution in [0.25, 0.3) is 10.9 Å².